The molecule has 2 aromatic carbocycles. The standard InChI is InChI=1S/C22H19FN6O2/c1-14-25-20(12-21(26-14)29-10-9-24-13-29)27-16-4-6-17(7-5-16)28-22(30)15-3-8-19(31-2)18(23)11-15/h3-13H,1-2H3,(H,28,30)(H,25,26,27). The zero-order valence-corrected chi connectivity index (χ0v) is 16.8. The predicted octanol–water partition coefficient (Wildman–Crippen LogP) is 4.11. The third kappa shape index (κ3) is 4.67. The number of carbonyl (C=O) groups excluding carboxylic acids is 1. The third-order valence-corrected chi connectivity index (χ3v) is 4.42. The van der Waals surface area contributed by atoms with E-state index >= 15 is 0 Å². The van der Waals surface area contributed by atoms with Crippen molar-refractivity contribution in [2.24, 2.45) is 0 Å². The van der Waals surface area contributed by atoms with E-state index in [4.69, 9.17) is 4.74 Å². The number of hydrogen-bond donors (Lipinski definition) is 2. The van der Waals surface area contributed by atoms with Crippen LogP contribution in [0.5, 0.6) is 5.75 Å². The fraction of sp³-hybridized carbons (Fsp3) is 0.0909. The number of amides is 1. The van der Waals surface area contributed by atoms with E-state index in [1.165, 1.54) is 19.2 Å². The molecule has 2 heterocycles. The summed E-state index contributed by atoms with van der Waals surface area (Å²) in [6.07, 6.45) is 5.15. The lowest BCUT2D eigenvalue weighted by molar-refractivity contribution is 0.102. The first-order valence-corrected chi connectivity index (χ1v) is 9.38. The lowest BCUT2D eigenvalue weighted by Gasteiger charge is -2.10. The summed E-state index contributed by atoms with van der Waals surface area (Å²) in [5.41, 5.74) is 1.55. The third-order valence-electron chi connectivity index (χ3n) is 4.42. The molecule has 31 heavy (non-hydrogen) atoms. The molecule has 156 valence electrons. The minimum atomic E-state index is -0.593. The number of carbonyl (C=O) groups is 1. The van der Waals surface area contributed by atoms with Crippen molar-refractivity contribution in [2.75, 3.05) is 17.7 Å². The predicted molar refractivity (Wildman–Crippen MR) is 115 cm³/mol. The second kappa shape index (κ2) is 8.62. The van der Waals surface area contributed by atoms with Crippen molar-refractivity contribution >= 4 is 23.1 Å². The first kappa shape index (κ1) is 20.0. The molecule has 0 aliphatic heterocycles. The van der Waals surface area contributed by atoms with E-state index < -0.39 is 11.7 Å². The van der Waals surface area contributed by atoms with E-state index in [1.807, 2.05) is 13.0 Å². The minimum Gasteiger partial charge on any atom is -0.494 e. The molecule has 0 aliphatic carbocycles. The molecular weight excluding hydrogens is 399 g/mol. The van der Waals surface area contributed by atoms with Crippen LogP contribution in [0.25, 0.3) is 5.82 Å². The Morgan fingerprint density at radius 1 is 1.06 bits per heavy atom. The first-order chi connectivity index (χ1) is 15.0. The number of methoxy groups -OCH3 is 1. The van der Waals surface area contributed by atoms with E-state index in [2.05, 4.69) is 25.6 Å². The van der Waals surface area contributed by atoms with Gasteiger partial charge in [-0.3, -0.25) is 9.36 Å². The Bertz CT molecular complexity index is 1210. The number of nitrogens with one attached hydrogen (secondary N) is 2. The quantitative estimate of drug-likeness (QED) is 0.489. The molecule has 0 unspecified atom stereocenters. The lowest BCUT2D eigenvalue weighted by Crippen LogP contribution is -2.12. The highest BCUT2D eigenvalue weighted by Crippen LogP contribution is 2.21. The fourth-order valence-corrected chi connectivity index (χ4v) is 2.94. The second-order valence-corrected chi connectivity index (χ2v) is 6.63. The molecule has 4 rings (SSSR count). The molecule has 2 aromatic heterocycles. The number of rotatable bonds is 6. The zero-order chi connectivity index (χ0) is 21.8. The van der Waals surface area contributed by atoms with Crippen molar-refractivity contribution in [2.45, 2.75) is 6.92 Å². The molecule has 2 N–H and O–H groups in total. The zero-order valence-electron chi connectivity index (χ0n) is 16.8. The maximum atomic E-state index is 13.8. The van der Waals surface area contributed by atoms with E-state index in [-0.39, 0.29) is 11.3 Å². The molecule has 4 aromatic rings. The van der Waals surface area contributed by atoms with Crippen molar-refractivity contribution in [1.82, 2.24) is 19.5 Å². The molecule has 0 aliphatic rings. The van der Waals surface area contributed by atoms with Crippen LogP contribution in [0.15, 0.2) is 67.3 Å². The molecule has 0 atom stereocenters. The van der Waals surface area contributed by atoms with Gasteiger partial charge in [-0.1, -0.05) is 0 Å². The number of benzene rings is 2. The van der Waals surface area contributed by atoms with Crippen LogP contribution in [-0.2, 0) is 0 Å². The van der Waals surface area contributed by atoms with E-state index in [0.717, 1.165) is 11.8 Å². The molecular formula is C22H19FN6O2. The number of halogens is 1. The van der Waals surface area contributed by atoms with Crippen LogP contribution >= 0.6 is 0 Å². The van der Waals surface area contributed by atoms with Crippen molar-refractivity contribution in [1.29, 1.82) is 0 Å². The number of nitrogens with zero attached hydrogens (tertiary/aromatic N) is 4. The smallest absolute Gasteiger partial charge is 0.255 e. The average molecular weight is 418 g/mol. The highest BCUT2D eigenvalue weighted by molar-refractivity contribution is 6.04. The van der Waals surface area contributed by atoms with Crippen molar-refractivity contribution in [3.63, 3.8) is 0 Å². The monoisotopic (exact) mass is 418 g/mol. The van der Waals surface area contributed by atoms with Crippen LogP contribution in [0.4, 0.5) is 21.6 Å². The molecule has 0 saturated heterocycles. The van der Waals surface area contributed by atoms with Crippen LogP contribution < -0.4 is 15.4 Å². The van der Waals surface area contributed by atoms with E-state index in [0.29, 0.717) is 23.1 Å². The van der Waals surface area contributed by atoms with Gasteiger partial charge < -0.3 is 15.4 Å². The van der Waals surface area contributed by atoms with Crippen LogP contribution in [0.2, 0.25) is 0 Å². The Hall–Kier alpha value is -4.27. The summed E-state index contributed by atoms with van der Waals surface area (Å²) >= 11 is 0. The molecule has 1 amide bonds. The van der Waals surface area contributed by atoms with Gasteiger partial charge in [-0.05, 0) is 49.4 Å². The summed E-state index contributed by atoms with van der Waals surface area (Å²) in [6.45, 7) is 1.81. The molecule has 0 spiro atoms. The van der Waals surface area contributed by atoms with Gasteiger partial charge in [0.05, 0.1) is 7.11 Å². The van der Waals surface area contributed by atoms with Crippen LogP contribution in [0.1, 0.15) is 16.2 Å². The van der Waals surface area contributed by atoms with Crippen LogP contribution in [0, 0.1) is 12.7 Å². The number of hydrogen-bond acceptors (Lipinski definition) is 6. The number of imidazole rings is 1. The van der Waals surface area contributed by atoms with E-state index in [1.54, 1.807) is 47.6 Å². The summed E-state index contributed by atoms with van der Waals surface area (Å²) in [4.78, 5) is 25.2. The number of anilines is 3. The molecule has 0 fully saturated rings. The van der Waals surface area contributed by atoms with Gasteiger partial charge in [-0.25, -0.2) is 19.3 Å². The van der Waals surface area contributed by atoms with Gasteiger partial charge in [0.15, 0.2) is 11.6 Å². The van der Waals surface area contributed by atoms with Crippen LogP contribution in [-0.4, -0.2) is 32.5 Å². The molecule has 0 radical (unpaired) electrons. The van der Waals surface area contributed by atoms with Crippen molar-refractivity contribution in [3.05, 3.63) is 84.5 Å². The number of aryl methyl sites for hydroxylation is 1. The van der Waals surface area contributed by atoms with Gasteiger partial charge in [-0.2, -0.15) is 0 Å². The highest BCUT2D eigenvalue weighted by atomic mass is 19.1. The summed E-state index contributed by atoms with van der Waals surface area (Å²) in [7, 11) is 1.37. The molecule has 8 nitrogen and oxygen atoms in total. The second-order valence-electron chi connectivity index (χ2n) is 6.63. The SMILES string of the molecule is COc1ccc(C(=O)Nc2ccc(Nc3cc(-n4ccnc4)nc(C)n3)cc2)cc1F. The molecule has 0 saturated carbocycles. The lowest BCUT2D eigenvalue weighted by atomic mass is 10.2. The Morgan fingerprint density at radius 3 is 2.52 bits per heavy atom. The largest absolute Gasteiger partial charge is 0.494 e. The summed E-state index contributed by atoms with van der Waals surface area (Å²) in [5.74, 6) is 1.01. The minimum absolute atomic E-state index is 0.0862. The van der Waals surface area contributed by atoms with E-state index in [9.17, 15) is 9.18 Å². The van der Waals surface area contributed by atoms with Crippen molar-refractivity contribution < 1.29 is 13.9 Å². The van der Waals surface area contributed by atoms with Gasteiger partial charge in [0.25, 0.3) is 5.91 Å². The fourth-order valence-electron chi connectivity index (χ4n) is 2.94. The van der Waals surface area contributed by atoms with Gasteiger partial charge in [-0.15, -0.1) is 0 Å². The summed E-state index contributed by atoms with van der Waals surface area (Å²) in [5, 5.41) is 5.96. The topological polar surface area (TPSA) is 94.0 Å². The molecule has 0 bridgehead atoms. The van der Waals surface area contributed by atoms with Gasteiger partial charge in [0, 0.05) is 35.4 Å². The summed E-state index contributed by atoms with van der Waals surface area (Å²) < 4.78 is 20.5. The molecule has 9 heteroatoms. The first-order valence-electron chi connectivity index (χ1n) is 9.38. The summed E-state index contributed by atoms with van der Waals surface area (Å²) in [6, 6.07) is 13.0. The van der Waals surface area contributed by atoms with Gasteiger partial charge >= 0.3 is 0 Å². The number of aromatic nitrogens is 4. The average Bonchev–Trinajstić information content (AvgIpc) is 3.30. The highest BCUT2D eigenvalue weighted by Gasteiger charge is 2.11. The normalized spacial score (nSPS) is 10.5. The number of ether oxygens (including phenoxy) is 1. The van der Waals surface area contributed by atoms with Gasteiger partial charge in [0.1, 0.15) is 23.8 Å². The Kier molecular flexibility index (Phi) is 5.57. The Labute approximate surface area is 177 Å². The Morgan fingerprint density at radius 2 is 1.84 bits per heavy atom. The van der Waals surface area contributed by atoms with Crippen LogP contribution in [0.3, 0.4) is 0 Å². The van der Waals surface area contributed by atoms with Gasteiger partial charge in [0.2, 0.25) is 0 Å². The maximum absolute atomic E-state index is 13.8. The Balaban J connectivity index is 1.45. The van der Waals surface area contributed by atoms with Crippen molar-refractivity contribution in [3.8, 4) is 11.6 Å². The maximum Gasteiger partial charge on any atom is 0.255 e.